The van der Waals surface area contributed by atoms with Gasteiger partial charge in [-0.15, -0.1) is 0 Å². The summed E-state index contributed by atoms with van der Waals surface area (Å²) in [6.07, 6.45) is 1.79. The van der Waals surface area contributed by atoms with E-state index in [0.29, 0.717) is 5.02 Å². The third-order valence-electron chi connectivity index (χ3n) is 2.76. The number of esters is 1. The molecule has 0 fully saturated rings. The quantitative estimate of drug-likeness (QED) is 0.865. The van der Waals surface area contributed by atoms with Crippen molar-refractivity contribution in [2.24, 2.45) is 5.73 Å². The molecule has 0 aliphatic carbocycles. The van der Waals surface area contributed by atoms with Gasteiger partial charge in [0.1, 0.15) is 0 Å². The maximum atomic E-state index is 11.2. The molecule has 0 saturated carbocycles. The highest BCUT2D eigenvalue weighted by atomic mass is 35.5. The van der Waals surface area contributed by atoms with E-state index in [0.717, 1.165) is 16.5 Å². The van der Waals surface area contributed by atoms with Crippen LogP contribution in [0.25, 0.3) is 10.9 Å². The van der Waals surface area contributed by atoms with Crippen molar-refractivity contribution < 1.29 is 9.53 Å². The van der Waals surface area contributed by atoms with Crippen LogP contribution in [-0.4, -0.2) is 18.1 Å². The first kappa shape index (κ1) is 12.8. The molecule has 0 amide bonds. The topological polar surface area (TPSA) is 65.2 Å². The van der Waals surface area contributed by atoms with Crippen molar-refractivity contribution in [1.82, 2.24) is 4.98 Å². The number of carbonyl (C=O) groups excluding carboxylic acids is 1. The molecule has 0 bridgehead atoms. The molecule has 1 unspecified atom stereocenters. The largest absolute Gasteiger partial charge is 0.469 e. The number of halogens is 1. The van der Waals surface area contributed by atoms with Crippen LogP contribution < -0.4 is 5.73 Å². The fourth-order valence-electron chi connectivity index (χ4n) is 1.83. The number of fused-ring (bicyclic) bond motifs is 1. The number of hydrogen-bond donors (Lipinski definition) is 1. The molecule has 0 radical (unpaired) electrons. The van der Waals surface area contributed by atoms with Gasteiger partial charge in [-0.3, -0.25) is 9.78 Å². The summed E-state index contributed by atoms with van der Waals surface area (Å²) in [4.78, 5) is 15.5. The van der Waals surface area contributed by atoms with Gasteiger partial charge in [0.05, 0.1) is 19.0 Å². The highest BCUT2D eigenvalue weighted by Gasteiger charge is 2.16. The van der Waals surface area contributed by atoms with E-state index < -0.39 is 6.04 Å². The summed E-state index contributed by atoms with van der Waals surface area (Å²) in [6, 6.07) is 6.79. The second kappa shape index (κ2) is 5.33. The van der Waals surface area contributed by atoms with E-state index in [1.54, 1.807) is 18.3 Å². The minimum Gasteiger partial charge on any atom is -0.469 e. The Bertz CT molecular complexity index is 586. The van der Waals surface area contributed by atoms with E-state index in [1.807, 2.05) is 12.1 Å². The molecule has 2 rings (SSSR count). The Labute approximate surface area is 110 Å². The Morgan fingerprint density at radius 2 is 2.28 bits per heavy atom. The van der Waals surface area contributed by atoms with Crippen LogP contribution in [0.5, 0.6) is 0 Å². The number of nitrogens with zero attached hydrogens (tertiary/aromatic N) is 1. The van der Waals surface area contributed by atoms with Crippen molar-refractivity contribution >= 4 is 28.5 Å². The van der Waals surface area contributed by atoms with E-state index in [-0.39, 0.29) is 12.4 Å². The molecule has 1 heterocycles. The predicted octanol–water partition coefficient (Wildman–Crippen LogP) is 2.45. The number of nitrogens with two attached hydrogens (primary N) is 1. The van der Waals surface area contributed by atoms with E-state index in [9.17, 15) is 4.79 Å². The molecule has 1 aromatic carbocycles. The number of ether oxygens (including phenoxy) is 1. The molecule has 1 atom stereocenters. The van der Waals surface area contributed by atoms with Crippen molar-refractivity contribution in [2.45, 2.75) is 12.5 Å². The Balaban J connectivity index is 2.45. The Kier molecular flexibility index (Phi) is 3.79. The predicted molar refractivity (Wildman–Crippen MR) is 70.3 cm³/mol. The van der Waals surface area contributed by atoms with Crippen LogP contribution in [0.3, 0.4) is 0 Å². The summed E-state index contributed by atoms with van der Waals surface area (Å²) in [6.45, 7) is 0. The number of pyridine rings is 1. The van der Waals surface area contributed by atoms with Crippen LogP contribution in [0, 0.1) is 0 Å². The number of benzene rings is 1. The van der Waals surface area contributed by atoms with Gasteiger partial charge in [0.25, 0.3) is 0 Å². The zero-order valence-electron chi connectivity index (χ0n) is 9.89. The molecule has 4 nitrogen and oxygen atoms in total. The SMILES string of the molecule is COC(=O)CC(N)c1ccc(Cl)c2cccnc12. The van der Waals surface area contributed by atoms with Crippen molar-refractivity contribution in [2.75, 3.05) is 7.11 Å². The zero-order chi connectivity index (χ0) is 13.1. The van der Waals surface area contributed by atoms with E-state index in [4.69, 9.17) is 17.3 Å². The lowest BCUT2D eigenvalue weighted by atomic mass is 10.0. The molecular weight excluding hydrogens is 252 g/mol. The van der Waals surface area contributed by atoms with Gasteiger partial charge in [0.2, 0.25) is 0 Å². The van der Waals surface area contributed by atoms with Gasteiger partial charge in [0.15, 0.2) is 0 Å². The fraction of sp³-hybridized carbons (Fsp3) is 0.231. The van der Waals surface area contributed by atoms with Gasteiger partial charge in [-0.25, -0.2) is 0 Å². The van der Waals surface area contributed by atoms with Crippen LogP contribution >= 0.6 is 11.6 Å². The molecule has 94 valence electrons. The van der Waals surface area contributed by atoms with Gasteiger partial charge in [0, 0.05) is 22.6 Å². The van der Waals surface area contributed by atoms with Crippen LogP contribution in [0.15, 0.2) is 30.5 Å². The normalized spacial score (nSPS) is 12.4. The Morgan fingerprint density at radius 1 is 1.50 bits per heavy atom. The lowest BCUT2D eigenvalue weighted by molar-refractivity contribution is -0.141. The van der Waals surface area contributed by atoms with Crippen molar-refractivity contribution in [3.05, 3.63) is 41.0 Å². The van der Waals surface area contributed by atoms with Gasteiger partial charge in [-0.1, -0.05) is 17.7 Å². The first-order valence-corrected chi connectivity index (χ1v) is 5.87. The molecule has 2 aromatic rings. The third kappa shape index (κ3) is 2.44. The van der Waals surface area contributed by atoms with Gasteiger partial charge < -0.3 is 10.5 Å². The summed E-state index contributed by atoms with van der Waals surface area (Å²) in [7, 11) is 1.34. The first-order chi connectivity index (χ1) is 8.63. The van der Waals surface area contributed by atoms with Crippen molar-refractivity contribution in [3.63, 3.8) is 0 Å². The maximum absolute atomic E-state index is 11.2. The van der Waals surface area contributed by atoms with E-state index in [1.165, 1.54) is 7.11 Å². The summed E-state index contributed by atoms with van der Waals surface area (Å²) < 4.78 is 4.61. The Morgan fingerprint density at radius 3 is 3.00 bits per heavy atom. The number of methoxy groups -OCH3 is 1. The summed E-state index contributed by atoms with van der Waals surface area (Å²) in [5.41, 5.74) is 7.52. The minimum absolute atomic E-state index is 0.115. The van der Waals surface area contributed by atoms with E-state index >= 15 is 0 Å². The minimum atomic E-state index is -0.452. The molecule has 0 aliphatic heterocycles. The molecule has 1 aromatic heterocycles. The highest BCUT2D eigenvalue weighted by molar-refractivity contribution is 6.35. The summed E-state index contributed by atoms with van der Waals surface area (Å²) in [5, 5.41) is 1.45. The molecule has 2 N–H and O–H groups in total. The lowest BCUT2D eigenvalue weighted by Gasteiger charge is -2.13. The average molecular weight is 265 g/mol. The number of rotatable bonds is 3. The van der Waals surface area contributed by atoms with E-state index in [2.05, 4.69) is 9.72 Å². The van der Waals surface area contributed by atoms with Gasteiger partial charge in [-0.2, -0.15) is 0 Å². The standard InChI is InChI=1S/C13H13ClN2O2/c1-18-12(17)7-11(15)9-4-5-10(14)8-3-2-6-16-13(8)9/h2-6,11H,7,15H2,1H3. The summed E-state index contributed by atoms with van der Waals surface area (Å²) >= 11 is 6.09. The van der Waals surface area contributed by atoms with Crippen LogP contribution in [0.4, 0.5) is 0 Å². The van der Waals surface area contributed by atoms with Gasteiger partial charge in [-0.05, 0) is 23.8 Å². The molecule has 0 spiro atoms. The molecule has 0 saturated heterocycles. The number of aromatic nitrogens is 1. The zero-order valence-corrected chi connectivity index (χ0v) is 10.6. The molecule has 5 heteroatoms. The average Bonchev–Trinajstić information content (AvgIpc) is 2.39. The highest BCUT2D eigenvalue weighted by Crippen LogP contribution is 2.28. The van der Waals surface area contributed by atoms with Crippen LogP contribution in [0.2, 0.25) is 5.02 Å². The smallest absolute Gasteiger partial charge is 0.307 e. The van der Waals surface area contributed by atoms with Crippen LogP contribution in [0.1, 0.15) is 18.0 Å². The Hall–Kier alpha value is -1.65. The van der Waals surface area contributed by atoms with Gasteiger partial charge >= 0.3 is 5.97 Å². The fourth-order valence-corrected chi connectivity index (χ4v) is 2.05. The monoisotopic (exact) mass is 264 g/mol. The lowest BCUT2D eigenvalue weighted by Crippen LogP contribution is -2.16. The second-order valence-corrected chi connectivity index (χ2v) is 4.33. The molecule has 18 heavy (non-hydrogen) atoms. The van der Waals surface area contributed by atoms with Crippen molar-refractivity contribution in [1.29, 1.82) is 0 Å². The molecule has 0 aliphatic rings. The summed E-state index contributed by atoms with van der Waals surface area (Å²) in [5.74, 6) is -0.346. The van der Waals surface area contributed by atoms with Crippen LogP contribution in [-0.2, 0) is 9.53 Å². The third-order valence-corrected chi connectivity index (χ3v) is 3.09. The molecular formula is C13H13ClN2O2. The van der Waals surface area contributed by atoms with Crippen molar-refractivity contribution in [3.8, 4) is 0 Å². The number of carbonyl (C=O) groups is 1. The second-order valence-electron chi connectivity index (χ2n) is 3.92. The first-order valence-electron chi connectivity index (χ1n) is 5.49. The maximum Gasteiger partial charge on any atom is 0.307 e. The number of hydrogen-bond acceptors (Lipinski definition) is 4.